The van der Waals surface area contributed by atoms with Crippen molar-refractivity contribution in [2.75, 3.05) is 17.2 Å². The predicted molar refractivity (Wildman–Crippen MR) is 78.1 cm³/mol. The summed E-state index contributed by atoms with van der Waals surface area (Å²) in [5, 5.41) is 43.9. The molecule has 0 radical (unpaired) electrons. The molecule has 0 saturated carbocycles. The van der Waals surface area contributed by atoms with Gasteiger partial charge in [0.15, 0.2) is 6.23 Å². The predicted octanol–water partition coefficient (Wildman–Crippen LogP) is -1.14. The highest BCUT2D eigenvalue weighted by molar-refractivity contribution is 5.88. The van der Waals surface area contributed by atoms with Crippen LogP contribution in [0, 0.1) is 0 Å². The highest BCUT2D eigenvalue weighted by Crippen LogP contribution is 2.23. The van der Waals surface area contributed by atoms with E-state index >= 15 is 0 Å². The summed E-state index contributed by atoms with van der Waals surface area (Å²) in [6.45, 7) is 0.921. The van der Waals surface area contributed by atoms with Crippen LogP contribution in [-0.4, -0.2) is 63.6 Å². The second-order valence-electron chi connectivity index (χ2n) is 5.15. The number of anilines is 2. The van der Waals surface area contributed by atoms with Crippen LogP contribution in [0.2, 0.25) is 0 Å². The van der Waals surface area contributed by atoms with E-state index in [0.717, 1.165) is 0 Å². The van der Waals surface area contributed by atoms with Crippen molar-refractivity contribution in [3.63, 3.8) is 0 Å². The molecule has 8 nitrogen and oxygen atoms in total. The summed E-state index contributed by atoms with van der Waals surface area (Å²) >= 11 is 0. The molecule has 0 spiro atoms. The minimum atomic E-state index is -1.43. The fourth-order valence-corrected chi connectivity index (χ4v) is 2.24. The Labute approximate surface area is 127 Å². The van der Waals surface area contributed by atoms with Gasteiger partial charge in [0.1, 0.15) is 24.4 Å². The molecule has 2 rings (SSSR count). The molecular weight excluding hydrogens is 292 g/mol. The van der Waals surface area contributed by atoms with Gasteiger partial charge in [-0.3, -0.25) is 4.79 Å². The molecule has 0 bridgehead atoms. The Morgan fingerprint density at radius 3 is 2.23 bits per heavy atom. The lowest BCUT2D eigenvalue weighted by Crippen LogP contribution is -2.60. The Hall–Kier alpha value is -1.71. The molecule has 1 fully saturated rings. The fraction of sp³-hybridized carbons (Fsp3) is 0.500. The molecule has 1 aliphatic rings. The Balaban J connectivity index is 2.04. The zero-order chi connectivity index (χ0) is 16.3. The molecule has 1 aliphatic heterocycles. The minimum Gasteiger partial charge on any atom is -0.394 e. The van der Waals surface area contributed by atoms with Gasteiger partial charge in [-0.15, -0.1) is 0 Å². The highest BCUT2D eigenvalue weighted by Gasteiger charge is 2.43. The summed E-state index contributed by atoms with van der Waals surface area (Å²) in [5.74, 6) is -0.186. The van der Waals surface area contributed by atoms with Gasteiger partial charge in [-0.1, -0.05) is 0 Å². The van der Waals surface area contributed by atoms with E-state index in [1.54, 1.807) is 24.3 Å². The third-order valence-corrected chi connectivity index (χ3v) is 3.41. The van der Waals surface area contributed by atoms with Crippen LogP contribution < -0.4 is 10.6 Å². The van der Waals surface area contributed by atoms with Crippen LogP contribution in [0.5, 0.6) is 0 Å². The number of aliphatic hydroxyl groups is 4. The minimum absolute atomic E-state index is 0.186. The molecule has 0 unspecified atom stereocenters. The highest BCUT2D eigenvalue weighted by atomic mass is 16.6. The summed E-state index contributed by atoms with van der Waals surface area (Å²) in [7, 11) is 0. The van der Waals surface area contributed by atoms with Crippen molar-refractivity contribution in [3.8, 4) is 0 Å². The fourth-order valence-electron chi connectivity index (χ4n) is 2.24. The van der Waals surface area contributed by atoms with Crippen LogP contribution in [0.1, 0.15) is 6.92 Å². The van der Waals surface area contributed by atoms with Gasteiger partial charge in [-0.25, -0.2) is 0 Å². The maximum Gasteiger partial charge on any atom is 0.221 e. The number of benzene rings is 1. The number of hydrogen-bond donors (Lipinski definition) is 6. The Bertz CT molecular complexity index is 507. The van der Waals surface area contributed by atoms with Gasteiger partial charge < -0.3 is 35.8 Å². The monoisotopic (exact) mass is 312 g/mol. The number of hydrogen-bond acceptors (Lipinski definition) is 7. The molecule has 8 heteroatoms. The third kappa shape index (κ3) is 3.73. The van der Waals surface area contributed by atoms with Crippen molar-refractivity contribution in [3.05, 3.63) is 24.3 Å². The molecule has 122 valence electrons. The van der Waals surface area contributed by atoms with Crippen molar-refractivity contribution in [2.24, 2.45) is 0 Å². The van der Waals surface area contributed by atoms with Gasteiger partial charge in [0.25, 0.3) is 0 Å². The molecule has 1 aromatic rings. The van der Waals surface area contributed by atoms with Crippen LogP contribution in [0.25, 0.3) is 0 Å². The van der Waals surface area contributed by atoms with Crippen molar-refractivity contribution in [2.45, 2.75) is 37.6 Å². The second kappa shape index (κ2) is 7.03. The zero-order valence-electron chi connectivity index (χ0n) is 12.0. The number of aliphatic hydroxyl groups excluding tert-OH is 4. The molecule has 22 heavy (non-hydrogen) atoms. The Morgan fingerprint density at radius 2 is 1.68 bits per heavy atom. The van der Waals surface area contributed by atoms with Crippen molar-refractivity contribution in [1.82, 2.24) is 0 Å². The summed E-state index contributed by atoms with van der Waals surface area (Å²) < 4.78 is 5.34. The first-order valence-corrected chi connectivity index (χ1v) is 6.87. The van der Waals surface area contributed by atoms with Gasteiger partial charge in [0.05, 0.1) is 6.61 Å². The van der Waals surface area contributed by atoms with Crippen LogP contribution in [0.3, 0.4) is 0 Å². The van der Waals surface area contributed by atoms with E-state index in [1.165, 1.54) is 6.92 Å². The zero-order valence-corrected chi connectivity index (χ0v) is 12.0. The smallest absolute Gasteiger partial charge is 0.221 e. The molecule has 1 aromatic carbocycles. The molecule has 0 aliphatic carbocycles. The lowest BCUT2D eigenvalue weighted by atomic mass is 9.98. The molecule has 5 atom stereocenters. The number of ether oxygens (including phenoxy) is 1. The normalized spacial score (nSPS) is 31.6. The van der Waals surface area contributed by atoms with Gasteiger partial charge >= 0.3 is 0 Å². The topological polar surface area (TPSA) is 131 Å². The lowest BCUT2D eigenvalue weighted by molar-refractivity contribution is -0.221. The summed E-state index contributed by atoms with van der Waals surface area (Å²) in [5.41, 5.74) is 1.20. The Kier molecular flexibility index (Phi) is 5.33. The van der Waals surface area contributed by atoms with E-state index in [9.17, 15) is 20.1 Å². The molecule has 6 N–H and O–H groups in total. The van der Waals surface area contributed by atoms with Crippen molar-refractivity contribution >= 4 is 17.3 Å². The van der Waals surface area contributed by atoms with E-state index in [-0.39, 0.29) is 5.91 Å². The maximum atomic E-state index is 10.9. The number of rotatable bonds is 4. The molecule has 1 saturated heterocycles. The summed E-state index contributed by atoms with van der Waals surface area (Å²) in [6.07, 6.45) is -6.12. The van der Waals surface area contributed by atoms with E-state index in [4.69, 9.17) is 9.84 Å². The molecule has 1 amide bonds. The quantitative estimate of drug-likeness (QED) is 0.414. The van der Waals surface area contributed by atoms with Crippen molar-refractivity contribution < 1.29 is 30.0 Å². The van der Waals surface area contributed by atoms with Crippen LogP contribution in [0.4, 0.5) is 11.4 Å². The largest absolute Gasteiger partial charge is 0.394 e. The van der Waals surface area contributed by atoms with Crippen LogP contribution in [-0.2, 0) is 9.53 Å². The third-order valence-electron chi connectivity index (χ3n) is 3.41. The summed E-state index contributed by atoms with van der Waals surface area (Å²) in [6, 6.07) is 6.64. The average molecular weight is 312 g/mol. The first-order valence-electron chi connectivity index (χ1n) is 6.87. The number of amides is 1. The van der Waals surface area contributed by atoms with Gasteiger partial charge in [-0.2, -0.15) is 0 Å². The lowest BCUT2D eigenvalue weighted by Gasteiger charge is -2.40. The van der Waals surface area contributed by atoms with E-state index in [2.05, 4.69) is 10.6 Å². The van der Waals surface area contributed by atoms with Gasteiger partial charge in [0.2, 0.25) is 5.91 Å². The van der Waals surface area contributed by atoms with Crippen LogP contribution in [0.15, 0.2) is 24.3 Å². The summed E-state index contributed by atoms with van der Waals surface area (Å²) in [4.78, 5) is 10.9. The first kappa shape index (κ1) is 16.7. The standard InChI is InChI=1S/C14H20N2O6/c1-7(18)15-8-2-4-9(5-3-8)16-14-13(21)12(20)11(19)10(6-17)22-14/h2-5,10-14,16-17,19-21H,6H2,1H3,(H,15,18)/t10-,11+,12+,13-,14+/m0/s1. The molecular formula is C14H20N2O6. The Morgan fingerprint density at radius 1 is 1.09 bits per heavy atom. The number of carbonyl (C=O) groups excluding carboxylic acids is 1. The second-order valence-corrected chi connectivity index (χ2v) is 5.15. The van der Waals surface area contributed by atoms with E-state index in [0.29, 0.717) is 11.4 Å². The maximum absolute atomic E-state index is 10.9. The molecule has 0 aromatic heterocycles. The average Bonchev–Trinajstić information content (AvgIpc) is 2.49. The van der Waals surface area contributed by atoms with Gasteiger partial charge in [-0.05, 0) is 24.3 Å². The van der Waals surface area contributed by atoms with Gasteiger partial charge in [0, 0.05) is 18.3 Å². The first-order chi connectivity index (χ1) is 10.4. The molecule has 1 heterocycles. The number of nitrogens with one attached hydrogen (secondary N) is 2. The van der Waals surface area contributed by atoms with Crippen LogP contribution >= 0.6 is 0 Å². The van der Waals surface area contributed by atoms with E-state index in [1.807, 2.05) is 0 Å². The number of carbonyl (C=O) groups is 1. The van der Waals surface area contributed by atoms with Crippen molar-refractivity contribution in [1.29, 1.82) is 0 Å². The SMILES string of the molecule is CC(=O)Nc1ccc(N[C@@H]2O[C@@H](CO)[C@@H](O)[C@@H](O)[C@@H]2O)cc1. The van der Waals surface area contributed by atoms with E-state index < -0.39 is 37.3 Å².